The summed E-state index contributed by atoms with van der Waals surface area (Å²) in [5.74, 6) is 1.71. The molecule has 0 radical (unpaired) electrons. The molecule has 8 rings (SSSR count). The van der Waals surface area contributed by atoms with Crippen LogP contribution >= 0.6 is 11.6 Å². The number of carbonyl (C=O) groups excluding carboxylic acids is 3. The topological polar surface area (TPSA) is 199 Å². The molecule has 16 nitrogen and oxygen atoms in total. The summed E-state index contributed by atoms with van der Waals surface area (Å²) < 4.78 is 16.3. The molecule has 4 unspecified atom stereocenters. The fraction of sp³-hybridized carbons (Fsp3) is 0.429. The number of imidazole rings is 2. The number of benzene rings is 3. The third kappa shape index (κ3) is 9.81. The van der Waals surface area contributed by atoms with Gasteiger partial charge >= 0.3 is 12.2 Å². The zero-order chi connectivity index (χ0) is 46.6. The molecule has 0 aliphatic carbocycles. The third-order valence-corrected chi connectivity index (χ3v) is 13.2. The summed E-state index contributed by atoms with van der Waals surface area (Å²) in [5, 5.41) is 17.6. The van der Waals surface area contributed by atoms with E-state index in [-0.39, 0.29) is 29.8 Å². The largest absolute Gasteiger partial charge is 0.464 e. The molecule has 3 amide bonds. The molecule has 5 N–H and O–H groups in total. The average Bonchev–Trinajstić information content (AvgIpc) is 4.17. The summed E-state index contributed by atoms with van der Waals surface area (Å²) in [6, 6.07) is 20.1. The Balaban J connectivity index is 1.04. The van der Waals surface area contributed by atoms with Gasteiger partial charge < -0.3 is 44.8 Å². The standard InChI is InChI=1S/C49H58ClN9O7/c1-27(2)41(56-48(62)64-5)46(60)58-20-10-14-38(58)43-51-25-36(53-43)30-17-19-34(50)32(22-30)23-35-33-18-16-31(24-40(33)66-45(55-35)29-12-8-7-9-13-29)37-26-52-44(54-37)39-15-11-21-59(39)47(61)42(28(3)4)57-49(63)65-6/h7-9,12-13,16-19,22,24-28,38-39,41-42,45,47,61H,10-11,14-15,20-21,23H2,1-6H3,(H,51,53)(H,52,54)(H,56,62)(H,57,63)/t38-,39?,41-,42?,45?,47?/m0/s1. The van der Waals surface area contributed by atoms with Crippen molar-refractivity contribution in [3.8, 4) is 28.3 Å². The minimum atomic E-state index is -0.942. The van der Waals surface area contributed by atoms with Crippen molar-refractivity contribution in [2.75, 3.05) is 27.3 Å². The van der Waals surface area contributed by atoms with Gasteiger partial charge in [0.1, 0.15) is 29.7 Å². The predicted octanol–water partition coefficient (Wildman–Crippen LogP) is 8.12. The number of hydrogen-bond donors (Lipinski definition) is 5. The lowest BCUT2D eigenvalue weighted by molar-refractivity contribution is -0.135. The maximum Gasteiger partial charge on any atom is 0.407 e. The molecular weight excluding hydrogens is 862 g/mol. The Morgan fingerprint density at radius 3 is 2.15 bits per heavy atom. The first-order valence-electron chi connectivity index (χ1n) is 22.6. The quantitative estimate of drug-likeness (QED) is 0.0725. The molecule has 0 bridgehead atoms. The Labute approximate surface area is 389 Å². The normalized spacial score (nSPS) is 19.8. The second-order valence-corrected chi connectivity index (χ2v) is 18.2. The van der Waals surface area contributed by atoms with E-state index in [4.69, 9.17) is 40.8 Å². The Morgan fingerprint density at radius 1 is 0.833 bits per heavy atom. The number of aromatic amines is 2. The van der Waals surface area contributed by atoms with E-state index >= 15 is 0 Å². The number of halogens is 1. The molecular formula is C49H58ClN9O7. The maximum atomic E-state index is 13.8. The number of ether oxygens (including phenoxy) is 3. The van der Waals surface area contributed by atoms with Crippen LogP contribution in [0.1, 0.15) is 100 Å². The summed E-state index contributed by atoms with van der Waals surface area (Å²) in [4.78, 5) is 63.5. The Morgan fingerprint density at radius 2 is 1.47 bits per heavy atom. The van der Waals surface area contributed by atoms with Crippen LogP contribution in [-0.2, 0) is 20.7 Å². The molecule has 2 fully saturated rings. The molecule has 3 aliphatic heterocycles. The highest BCUT2D eigenvalue weighted by atomic mass is 35.5. The van der Waals surface area contributed by atoms with E-state index in [2.05, 4.69) is 20.6 Å². The zero-order valence-corrected chi connectivity index (χ0v) is 38.8. The van der Waals surface area contributed by atoms with Crippen molar-refractivity contribution in [2.45, 2.75) is 96.4 Å². The minimum absolute atomic E-state index is 0.0442. The highest BCUT2D eigenvalue weighted by Gasteiger charge is 2.39. The smallest absolute Gasteiger partial charge is 0.407 e. The van der Waals surface area contributed by atoms with Crippen LogP contribution in [0.4, 0.5) is 9.59 Å². The first kappa shape index (κ1) is 46.3. The van der Waals surface area contributed by atoms with E-state index in [0.29, 0.717) is 36.1 Å². The Bertz CT molecular complexity index is 2560. The van der Waals surface area contributed by atoms with Gasteiger partial charge in [-0.1, -0.05) is 81.8 Å². The number of alkyl carbamates (subject to hydrolysis) is 2. The van der Waals surface area contributed by atoms with Crippen LogP contribution in [-0.4, -0.2) is 104 Å². The Hall–Kier alpha value is -6.23. The van der Waals surface area contributed by atoms with Crippen LogP contribution in [0.25, 0.3) is 22.5 Å². The van der Waals surface area contributed by atoms with Crippen molar-refractivity contribution < 1.29 is 33.7 Å². The summed E-state index contributed by atoms with van der Waals surface area (Å²) >= 11 is 6.95. The highest BCUT2D eigenvalue weighted by Crippen LogP contribution is 2.39. The van der Waals surface area contributed by atoms with Gasteiger partial charge in [-0.3, -0.25) is 9.69 Å². The van der Waals surface area contributed by atoms with Crippen LogP contribution in [0.5, 0.6) is 5.75 Å². The molecule has 348 valence electrons. The SMILES string of the molecule is COC(=O)NC(C(C)C)C(O)N1CCCC1c1ncc(-c2ccc3c(c2)OC(c2ccccc2)N=C3Cc2cc(-c3cnc([C@@H]4CCCN4C(=O)[C@@H](NC(=O)OC)C(C)C)[nH]3)ccc2Cl)[nH]1. The van der Waals surface area contributed by atoms with Gasteiger partial charge in [-0.05, 0) is 72.9 Å². The molecule has 2 aromatic heterocycles. The van der Waals surface area contributed by atoms with Gasteiger partial charge in [0, 0.05) is 41.2 Å². The van der Waals surface area contributed by atoms with Crippen molar-refractivity contribution in [2.24, 2.45) is 16.8 Å². The molecule has 5 heterocycles. The average molecular weight is 921 g/mol. The molecule has 3 aliphatic rings. The number of likely N-dealkylation sites (tertiary alicyclic amines) is 2. The maximum absolute atomic E-state index is 13.8. The minimum Gasteiger partial charge on any atom is -0.464 e. The molecule has 17 heteroatoms. The zero-order valence-electron chi connectivity index (χ0n) is 38.1. The number of aliphatic imine (C=N–C) groups is 1. The molecule has 6 atom stereocenters. The van der Waals surface area contributed by atoms with Crippen LogP contribution < -0.4 is 15.4 Å². The first-order chi connectivity index (χ1) is 31.8. The van der Waals surface area contributed by atoms with Crippen molar-refractivity contribution in [1.82, 2.24) is 40.4 Å². The second-order valence-electron chi connectivity index (χ2n) is 17.8. The molecule has 5 aromatic rings. The number of H-pyrrole nitrogens is 2. The molecule has 0 saturated carbocycles. The van der Waals surface area contributed by atoms with Crippen LogP contribution in [0.15, 0.2) is 84.1 Å². The molecule has 66 heavy (non-hydrogen) atoms. The summed E-state index contributed by atoms with van der Waals surface area (Å²) in [5.41, 5.74) is 6.74. The van der Waals surface area contributed by atoms with E-state index in [1.165, 1.54) is 14.2 Å². The number of nitrogens with zero attached hydrogens (tertiary/aromatic N) is 5. The summed E-state index contributed by atoms with van der Waals surface area (Å²) in [6.45, 7) is 8.90. The molecule has 2 saturated heterocycles. The van der Waals surface area contributed by atoms with E-state index in [1.54, 1.807) is 17.3 Å². The number of nitrogens with one attached hydrogen (secondary N) is 4. The van der Waals surface area contributed by atoms with Crippen LogP contribution in [0.3, 0.4) is 0 Å². The summed E-state index contributed by atoms with van der Waals surface area (Å²) in [7, 11) is 2.60. The first-order valence-corrected chi connectivity index (χ1v) is 23.0. The highest BCUT2D eigenvalue weighted by molar-refractivity contribution is 6.31. The lowest BCUT2D eigenvalue weighted by Gasteiger charge is -2.35. The van der Waals surface area contributed by atoms with Crippen molar-refractivity contribution in [3.05, 3.63) is 112 Å². The second kappa shape index (κ2) is 20.1. The lowest BCUT2D eigenvalue weighted by Crippen LogP contribution is -2.54. The van der Waals surface area contributed by atoms with Gasteiger partial charge in [0.15, 0.2) is 0 Å². The lowest BCUT2D eigenvalue weighted by atomic mass is 9.96. The van der Waals surface area contributed by atoms with Crippen LogP contribution in [0.2, 0.25) is 5.02 Å². The van der Waals surface area contributed by atoms with Crippen molar-refractivity contribution in [3.63, 3.8) is 0 Å². The van der Waals surface area contributed by atoms with Crippen molar-refractivity contribution >= 4 is 35.4 Å². The number of aliphatic hydroxyl groups is 1. The van der Waals surface area contributed by atoms with Crippen LogP contribution in [0, 0.1) is 11.8 Å². The predicted molar refractivity (Wildman–Crippen MR) is 250 cm³/mol. The number of amides is 3. The molecule has 3 aromatic carbocycles. The van der Waals surface area contributed by atoms with E-state index < -0.39 is 36.7 Å². The van der Waals surface area contributed by atoms with Gasteiger partial charge in [0.25, 0.3) is 0 Å². The number of aliphatic hydroxyl groups excluding tert-OH is 1. The van der Waals surface area contributed by atoms with E-state index in [1.807, 2.05) is 99.3 Å². The fourth-order valence-corrected chi connectivity index (χ4v) is 9.41. The van der Waals surface area contributed by atoms with E-state index in [0.717, 1.165) is 76.4 Å². The van der Waals surface area contributed by atoms with Gasteiger partial charge in [0.05, 0.1) is 61.8 Å². The van der Waals surface area contributed by atoms with Crippen molar-refractivity contribution in [1.29, 1.82) is 0 Å². The number of carbonyl (C=O) groups is 3. The van der Waals surface area contributed by atoms with Gasteiger partial charge in [-0.15, -0.1) is 0 Å². The number of aromatic nitrogens is 4. The third-order valence-electron chi connectivity index (χ3n) is 12.8. The van der Waals surface area contributed by atoms with Gasteiger partial charge in [0.2, 0.25) is 12.1 Å². The van der Waals surface area contributed by atoms with Gasteiger partial charge in [-0.2, -0.15) is 0 Å². The van der Waals surface area contributed by atoms with E-state index in [9.17, 15) is 19.5 Å². The fourth-order valence-electron chi connectivity index (χ4n) is 9.23. The molecule has 0 spiro atoms. The number of fused-ring (bicyclic) bond motifs is 1. The number of hydrogen-bond acceptors (Lipinski definition) is 11. The van der Waals surface area contributed by atoms with Gasteiger partial charge in [-0.25, -0.2) is 24.5 Å². The summed E-state index contributed by atoms with van der Waals surface area (Å²) in [6.07, 6.45) is 4.43. The number of methoxy groups -OCH3 is 2. The Kier molecular flexibility index (Phi) is 14.1. The monoisotopic (exact) mass is 919 g/mol. The number of rotatable bonds is 14.